The number of hydrogen-bond donors (Lipinski definition) is 1. The maximum absolute atomic E-state index is 13.6. The fourth-order valence-corrected chi connectivity index (χ4v) is 4.46. The van der Waals surface area contributed by atoms with E-state index in [9.17, 15) is 9.59 Å². The molecule has 0 aromatic heterocycles. The third-order valence-electron chi connectivity index (χ3n) is 5.50. The Morgan fingerprint density at radius 3 is 2.20 bits per heavy atom. The minimum absolute atomic E-state index is 0.0462. The lowest BCUT2D eigenvalue weighted by Gasteiger charge is -2.32. The Balaban J connectivity index is 1.92. The third kappa shape index (κ3) is 8.25. The zero-order valence-corrected chi connectivity index (χ0v) is 22.3. The number of nitrogens with zero attached hydrogens (tertiary/aromatic N) is 1. The van der Waals surface area contributed by atoms with E-state index in [1.807, 2.05) is 94.4 Å². The molecule has 1 atom stereocenters. The molecule has 35 heavy (non-hydrogen) atoms. The lowest BCUT2D eigenvalue weighted by molar-refractivity contribution is -0.143. The zero-order valence-electron chi connectivity index (χ0n) is 20.8. The number of hydrogen-bond acceptors (Lipinski definition) is 3. The number of amides is 2. The van der Waals surface area contributed by atoms with Gasteiger partial charge in [-0.1, -0.05) is 64.5 Å². The average molecular weight is 537 g/mol. The van der Waals surface area contributed by atoms with Crippen LogP contribution in [-0.2, 0) is 22.6 Å². The smallest absolute Gasteiger partial charge is 0.261 e. The van der Waals surface area contributed by atoms with Crippen LogP contribution in [0.5, 0.6) is 5.75 Å². The molecule has 0 bridgehead atoms. The van der Waals surface area contributed by atoms with Crippen LogP contribution >= 0.6 is 15.9 Å². The Kier molecular flexibility index (Phi) is 9.49. The Morgan fingerprint density at radius 2 is 1.57 bits per heavy atom. The fourth-order valence-electron chi connectivity index (χ4n) is 4.01. The highest BCUT2D eigenvalue weighted by Crippen LogP contribution is 2.20. The molecule has 6 heteroatoms. The van der Waals surface area contributed by atoms with E-state index in [1.54, 1.807) is 4.90 Å². The first-order chi connectivity index (χ1) is 16.7. The van der Waals surface area contributed by atoms with Crippen molar-refractivity contribution in [3.63, 3.8) is 0 Å². The van der Waals surface area contributed by atoms with Crippen molar-refractivity contribution in [2.24, 2.45) is 0 Å². The summed E-state index contributed by atoms with van der Waals surface area (Å²) in [5.74, 6) is 0.215. The molecule has 3 aromatic rings. The van der Waals surface area contributed by atoms with E-state index in [2.05, 4.69) is 27.3 Å². The standard InChI is InChI=1S/C29H33BrN2O3/c1-20(2)31-29(34)27(17-23-9-6-5-7-10-23)32(18-24-11-8-12-25(30)16-24)28(33)19-35-26-14-21(3)13-22(4)15-26/h5-16,20,27H,17-19H2,1-4H3,(H,31,34). The first kappa shape index (κ1) is 26.5. The van der Waals surface area contributed by atoms with Crippen molar-refractivity contribution < 1.29 is 14.3 Å². The largest absolute Gasteiger partial charge is 0.484 e. The van der Waals surface area contributed by atoms with Crippen molar-refractivity contribution in [2.75, 3.05) is 6.61 Å². The lowest BCUT2D eigenvalue weighted by Crippen LogP contribution is -2.52. The molecule has 3 rings (SSSR count). The predicted octanol–water partition coefficient (Wildman–Crippen LogP) is 5.61. The molecule has 3 aromatic carbocycles. The highest BCUT2D eigenvalue weighted by Gasteiger charge is 2.31. The number of rotatable bonds is 10. The van der Waals surface area contributed by atoms with Gasteiger partial charge >= 0.3 is 0 Å². The highest BCUT2D eigenvalue weighted by atomic mass is 79.9. The Bertz CT molecular complexity index is 1130. The maximum atomic E-state index is 13.6. The molecule has 2 amide bonds. The summed E-state index contributed by atoms with van der Waals surface area (Å²) in [6.07, 6.45) is 0.405. The summed E-state index contributed by atoms with van der Waals surface area (Å²) in [5, 5.41) is 3.00. The predicted molar refractivity (Wildman–Crippen MR) is 143 cm³/mol. The molecule has 0 heterocycles. The van der Waals surface area contributed by atoms with Crippen LogP contribution < -0.4 is 10.1 Å². The minimum Gasteiger partial charge on any atom is -0.484 e. The summed E-state index contributed by atoms with van der Waals surface area (Å²) in [4.78, 5) is 28.6. The van der Waals surface area contributed by atoms with Crippen molar-refractivity contribution >= 4 is 27.7 Å². The second kappa shape index (κ2) is 12.5. The van der Waals surface area contributed by atoms with Gasteiger partial charge in [0.2, 0.25) is 5.91 Å². The first-order valence-corrected chi connectivity index (χ1v) is 12.6. The van der Waals surface area contributed by atoms with Crippen LogP contribution in [0, 0.1) is 13.8 Å². The molecule has 0 fully saturated rings. The van der Waals surface area contributed by atoms with Gasteiger partial charge in [-0.05, 0) is 74.2 Å². The van der Waals surface area contributed by atoms with E-state index < -0.39 is 6.04 Å². The van der Waals surface area contributed by atoms with E-state index in [1.165, 1.54) is 0 Å². The second-order valence-electron chi connectivity index (χ2n) is 9.13. The number of ether oxygens (including phenoxy) is 1. The number of carbonyl (C=O) groups excluding carboxylic acids is 2. The first-order valence-electron chi connectivity index (χ1n) is 11.8. The highest BCUT2D eigenvalue weighted by molar-refractivity contribution is 9.10. The van der Waals surface area contributed by atoms with Gasteiger partial charge in [0.25, 0.3) is 5.91 Å². The van der Waals surface area contributed by atoms with Gasteiger partial charge in [-0.25, -0.2) is 0 Å². The molecule has 1 unspecified atom stereocenters. The molecular weight excluding hydrogens is 504 g/mol. The molecular formula is C29H33BrN2O3. The van der Waals surface area contributed by atoms with E-state index in [0.717, 1.165) is 26.7 Å². The number of aryl methyl sites for hydroxylation is 2. The molecule has 0 radical (unpaired) electrons. The molecule has 0 saturated carbocycles. The topological polar surface area (TPSA) is 58.6 Å². The Morgan fingerprint density at radius 1 is 0.914 bits per heavy atom. The summed E-state index contributed by atoms with van der Waals surface area (Å²) < 4.78 is 6.82. The van der Waals surface area contributed by atoms with Crippen LogP contribution in [0.2, 0.25) is 0 Å². The molecule has 0 aliphatic heterocycles. The lowest BCUT2D eigenvalue weighted by atomic mass is 10.0. The minimum atomic E-state index is -0.686. The molecule has 0 aliphatic carbocycles. The van der Waals surface area contributed by atoms with E-state index >= 15 is 0 Å². The van der Waals surface area contributed by atoms with Gasteiger partial charge in [0.1, 0.15) is 11.8 Å². The third-order valence-corrected chi connectivity index (χ3v) is 5.99. The van der Waals surface area contributed by atoms with Gasteiger partial charge in [0.15, 0.2) is 6.61 Å². The van der Waals surface area contributed by atoms with Crippen LogP contribution in [0.25, 0.3) is 0 Å². The van der Waals surface area contributed by atoms with E-state index in [0.29, 0.717) is 12.2 Å². The number of nitrogens with one attached hydrogen (secondary N) is 1. The maximum Gasteiger partial charge on any atom is 0.261 e. The second-order valence-corrected chi connectivity index (χ2v) is 10.0. The number of carbonyl (C=O) groups is 2. The van der Waals surface area contributed by atoms with E-state index in [-0.39, 0.29) is 31.0 Å². The molecule has 0 spiro atoms. The molecule has 1 N–H and O–H groups in total. The summed E-state index contributed by atoms with van der Waals surface area (Å²) in [6, 6.07) is 22.7. The molecule has 5 nitrogen and oxygen atoms in total. The Labute approximate surface area is 216 Å². The van der Waals surface area contributed by atoms with Crippen molar-refractivity contribution in [2.45, 2.75) is 52.7 Å². The van der Waals surface area contributed by atoms with Crippen LogP contribution in [0.4, 0.5) is 0 Å². The molecule has 0 saturated heterocycles. The van der Waals surface area contributed by atoms with Crippen LogP contribution in [0.1, 0.15) is 36.1 Å². The number of halogens is 1. The van der Waals surface area contributed by atoms with Crippen LogP contribution in [0.3, 0.4) is 0 Å². The summed E-state index contributed by atoms with van der Waals surface area (Å²) >= 11 is 3.51. The van der Waals surface area contributed by atoms with Crippen molar-refractivity contribution in [1.82, 2.24) is 10.2 Å². The van der Waals surface area contributed by atoms with Crippen molar-refractivity contribution in [1.29, 1.82) is 0 Å². The van der Waals surface area contributed by atoms with Gasteiger partial charge in [0.05, 0.1) is 0 Å². The monoisotopic (exact) mass is 536 g/mol. The van der Waals surface area contributed by atoms with Gasteiger partial charge in [0, 0.05) is 23.5 Å². The average Bonchev–Trinajstić information content (AvgIpc) is 2.79. The molecule has 0 aliphatic rings. The van der Waals surface area contributed by atoms with Crippen LogP contribution in [-0.4, -0.2) is 35.4 Å². The van der Waals surface area contributed by atoms with Crippen molar-refractivity contribution in [3.8, 4) is 5.75 Å². The summed E-state index contributed by atoms with van der Waals surface area (Å²) in [5.41, 5.74) is 4.04. The molecule has 184 valence electrons. The van der Waals surface area contributed by atoms with Crippen LogP contribution in [0.15, 0.2) is 77.3 Å². The zero-order chi connectivity index (χ0) is 25.4. The van der Waals surface area contributed by atoms with Gasteiger partial charge in [-0.3, -0.25) is 9.59 Å². The number of benzene rings is 3. The summed E-state index contributed by atoms with van der Waals surface area (Å²) in [7, 11) is 0. The van der Waals surface area contributed by atoms with E-state index in [4.69, 9.17) is 4.74 Å². The quantitative estimate of drug-likeness (QED) is 0.366. The fraction of sp³-hybridized carbons (Fsp3) is 0.310. The Hall–Kier alpha value is -3.12. The SMILES string of the molecule is Cc1cc(C)cc(OCC(=O)N(Cc2cccc(Br)c2)C(Cc2ccccc2)C(=O)NC(C)C)c1. The van der Waals surface area contributed by atoms with Gasteiger partial charge < -0.3 is 15.0 Å². The van der Waals surface area contributed by atoms with Gasteiger partial charge in [-0.15, -0.1) is 0 Å². The summed E-state index contributed by atoms with van der Waals surface area (Å²) in [6.45, 7) is 7.96. The van der Waals surface area contributed by atoms with Crippen molar-refractivity contribution in [3.05, 3.63) is 99.5 Å². The normalized spacial score (nSPS) is 11.7. The van der Waals surface area contributed by atoms with Gasteiger partial charge in [-0.2, -0.15) is 0 Å².